The third-order valence-electron chi connectivity index (χ3n) is 3.69. The second-order valence-electron chi connectivity index (χ2n) is 5.15. The van der Waals surface area contributed by atoms with E-state index >= 15 is 0 Å². The van der Waals surface area contributed by atoms with Gasteiger partial charge in [-0.25, -0.2) is 0 Å². The van der Waals surface area contributed by atoms with Crippen LogP contribution in [0.1, 0.15) is 0 Å². The first-order valence-corrected chi connectivity index (χ1v) is 9.11. The van der Waals surface area contributed by atoms with Crippen LogP contribution in [0.2, 0.25) is 0 Å². The van der Waals surface area contributed by atoms with Crippen molar-refractivity contribution in [2.45, 2.75) is 5.16 Å². The van der Waals surface area contributed by atoms with Crippen molar-refractivity contribution in [3.63, 3.8) is 0 Å². The molecule has 0 N–H and O–H groups in total. The fourth-order valence-corrected chi connectivity index (χ4v) is 3.78. The van der Waals surface area contributed by atoms with E-state index in [1.807, 2.05) is 25.2 Å². The molecule has 0 atom stereocenters. The minimum absolute atomic E-state index is 0.848. The van der Waals surface area contributed by atoms with Crippen LogP contribution >= 0.6 is 27.7 Å². The number of nitrogens with zero attached hydrogens (tertiary/aromatic N) is 4. The molecule has 2 heterocycles. The first-order chi connectivity index (χ1) is 10.8. The summed E-state index contributed by atoms with van der Waals surface area (Å²) in [4.78, 5) is 2.43. The Balaban J connectivity index is 1.62. The van der Waals surface area contributed by atoms with E-state index in [4.69, 9.17) is 4.74 Å². The van der Waals surface area contributed by atoms with Crippen molar-refractivity contribution in [3.05, 3.63) is 28.7 Å². The summed E-state index contributed by atoms with van der Waals surface area (Å²) >= 11 is 5.33. The van der Waals surface area contributed by atoms with Gasteiger partial charge in [-0.15, -0.1) is 10.2 Å². The Hall–Kier alpha value is -0.890. The monoisotopic (exact) mass is 382 g/mol. The third kappa shape index (κ3) is 3.71. The fourth-order valence-electron chi connectivity index (χ4n) is 2.41. The van der Waals surface area contributed by atoms with E-state index in [1.54, 1.807) is 11.8 Å². The molecular formula is C15H19BrN4OS. The number of thioether (sulfide) groups is 1. The highest BCUT2D eigenvalue weighted by molar-refractivity contribution is 9.10. The van der Waals surface area contributed by atoms with Crippen LogP contribution in [0.5, 0.6) is 0 Å². The zero-order valence-electron chi connectivity index (χ0n) is 12.5. The molecule has 1 aliphatic heterocycles. The van der Waals surface area contributed by atoms with Crippen molar-refractivity contribution < 1.29 is 4.74 Å². The van der Waals surface area contributed by atoms with Crippen LogP contribution in [0.25, 0.3) is 11.4 Å². The second-order valence-corrected chi connectivity index (χ2v) is 7.06. The van der Waals surface area contributed by atoms with Crippen LogP contribution < -0.4 is 0 Å². The quantitative estimate of drug-likeness (QED) is 0.743. The van der Waals surface area contributed by atoms with E-state index in [0.29, 0.717) is 0 Å². The number of hydrogen-bond donors (Lipinski definition) is 0. The van der Waals surface area contributed by atoms with Crippen LogP contribution in [-0.2, 0) is 11.8 Å². The number of hydrogen-bond acceptors (Lipinski definition) is 5. The molecule has 5 nitrogen and oxygen atoms in total. The van der Waals surface area contributed by atoms with Gasteiger partial charge in [0.1, 0.15) is 0 Å². The number of morpholine rings is 1. The van der Waals surface area contributed by atoms with Crippen LogP contribution in [-0.4, -0.2) is 58.3 Å². The summed E-state index contributed by atoms with van der Waals surface area (Å²) in [6.07, 6.45) is 0. The molecule has 0 aliphatic carbocycles. The summed E-state index contributed by atoms with van der Waals surface area (Å²) in [5.41, 5.74) is 1.07. The van der Waals surface area contributed by atoms with Crippen LogP contribution in [0.3, 0.4) is 0 Å². The average molecular weight is 383 g/mol. The molecule has 0 bridgehead atoms. The Bertz CT molecular complexity index is 628. The smallest absolute Gasteiger partial charge is 0.191 e. The molecule has 118 valence electrons. The summed E-state index contributed by atoms with van der Waals surface area (Å²) in [5, 5.41) is 9.63. The van der Waals surface area contributed by atoms with Crippen LogP contribution in [0.15, 0.2) is 33.9 Å². The molecule has 2 aromatic rings. The van der Waals surface area contributed by atoms with Gasteiger partial charge in [-0.2, -0.15) is 0 Å². The topological polar surface area (TPSA) is 43.2 Å². The first-order valence-electron chi connectivity index (χ1n) is 7.33. The Labute approximate surface area is 143 Å². The van der Waals surface area contributed by atoms with E-state index in [1.165, 1.54) is 0 Å². The molecular weight excluding hydrogens is 364 g/mol. The normalized spacial score (nSPS) is 16.1. The van der Waals surface area contributed by atoms with Crippen molar-refractivity contribution in [3.8, 4) is 11.4 Å². The van der Waals surface area contributed by atoms with Crippen molar-refractivity contribution in [2.24, 2.45) is 7.05 Å². The molecule has 1 aromatic heterocycles. The number of halogens is 1. The molecule has 1 aromatic carbocycles. The lowest BCUT2D eigenvalue weighted by Gasteiger charge is -2.26. The van der Waals surface area contributed by atoms with Gasteiger partial charge in [-0.3, -0.25) is 4.90 Å². The molecule has 0 saturated carbocycles. The highest BCUT2D eigenvalue weighted by atomic mass is 79.9. The number of benzene rings is 1. The second kappa shape index (κ2) is 7.59. The standard InChI is InChI=1S/C15H19BrN4OS/c1-19-14(12-4-2-3-5-13(12)16)17-18-15(19)22-11-8-20-6-9-21-10-7-20/h2-5H,6-11H2,1H3. The van der Waals surface area contributed by atoms with Crippen LogP contribution in [0, 0.1) is 0 Å². The van der Waals surface area contributed by atoms with Gasteiger partial charge < -0.3 is 9.30 Å². The van der Waals surface area contributed by atoms with Crippen molar-refractivity contribution in [1.29, 1.82) is 0 Å². The average Bonchev–Trinajstić information content (AvgIpc) is 2.90. The van der Waals surface area contributed by atoms with Gasteiger partial charge in [-0.05, 0) is 6.07 Å². The fraction of sp³-hybridized carbons (Fsp3) is 0.467. The van der Waals surface area contributed by atoms with Gasteiger partial charge in [0.2, 0.25) is 0 Å². The maximum absolute atomic E-state index is 5.37. The summed E-state index contributed by atoms with van der Waals surface area (Å²) in [6.45, 7) is 4.82. The molecule has 0 unspecified atom stereocenters. The molecule has 22 heavy (non-hydrogen) atoms. The molecule has 1 saturated heterocycles. The molecule has 0 radical (unpaired) electrons. The molecule has 0 amide bonds. The highest BCUT2D eigenvalue weighted by Crippen LogP contribution is 2.28. The molecule has 1 aliphatic rings. The lowest BCUT2D eigenvalue weighted by molar-refractivity contribution is 0.0410. The molecule has 3 rings (SSSR count). The maximum atomic E-state index is 5.37. The predicted octanol–water partition coefficient (Wildman–Crippen LogP) is 2.67. The summed E-state index contributed by atoms with van der Waals surface area (Å²) in [5.74, 6) is 1.91. The lowest BCUT2D eigenvalue weighted by Crippen LogP contribution is -2.37. The van der Waals surface area contributed by atoms with Crippen molar-refractivity contribution >= 4 is 27.7 Å². The van der Waals surface area contributed by atoms with Gasteiger partial charge in [-0.1, -0.05) is 45.9 Å². The van der Waals surface area contributed by atoms with Gasteiger partial charge in [0, 0.05) is 42.5 Å². The number of rotatable bonds is 5. The zero-order valence-corrected chi connectivity index (χ0v) is 14.9. The largest absolute Gasteiger partial charge is 0.379 e. The Kier molecular flexibility index (Phi) is 5.51. The minimum atomic E-state index is 0.848. The van der Waals surface area contributed by atoms with Crippen molar-refractivity contribution in [2.75, 3.05) is 38.6 Å². The predicted molar refractivity (Wildman–Crippen MR) is 92.1 cm³/mol. The van der Waals surface area contributed by atoms with Gasteiger partial charge in [0.15, 0.2) is 11.0 Å². The summed E-state index contributed by atoms with van der Waals surface area (Å²) in [7, 11) is 2.02. The van der Waals surface area contributed by atoms with Gasteiger partial charge in [0.05, 0.1) is 13.2 Å². The van der Waals surface area contributed by atoms with Gasteiger partial charge in [0.25, 0.3) is 0 Å². The Morgan fingerprint density at radius 2 is 2.00 bits per heavy atom. The highest BCUT2D eigenvalue weighted by Gasteiger charge is 2.14. The van der Waals surface area contributed by atoms with E-state index in [-0.39, 0.29) is 0 Å². The Morgan fingerprint density at radius 1 is 1.23 bits per heavy atom. The molecule has 7 heteroatoms. The van der Waals surface area contributed by atoms with Crippen LogP contribution in [0.4, 0.5) is 0 Å². The lowest BCUT2D eigenvalue weighted by atomic mass is 10.2. The maximum Gasteiger partial charge on any atom is 0.191 e. The molecule has 1 fully saturated rings. The van der Waals surface area contributed by atoms with E-state index < -0.39 is 0 Å². The van der Waals surface area contributed by atoms with E-state index in [9.17, 15) is 0 Å². The van der Waals surface area contributed by atoms with Gasteiger partial charge >= 0.3 is 0 Å². The van der Waals surface area contributed by atoms with Crippen molar-refractivity contribution in [1.82, 2.24) is 19.7 Å². The summed E-state index contributed by atoms with van der Waals surface area (Å²) < 4.78 is 8.46. The number of ether oxygens (including phenoxy) is 1. The zero-order chi connectivity index (χ0) is 15.4. The number of aromatic nitrogens is 3. The van der Waals surface area contributed by atoms with E-state index in [2.05, 4.69) is 41.7 Å². The third-order valence-corrected chi connectivity index (χ3v) is 5.38. The summed E-state index contributed by atoms with van der Waals surface area (Å²) in [6, 6.07) is 8.09. The Morgan fingerprint density at radius 3 is 2.77 bits per heavy atom. The molecule has 0 spiro atoms. The van der Waals surface area contributed by atoms with E-state index in [0.717, 1.165) is 59.6 Å². The SMILES string of the molecule is Cn1c(SCCN2CCOCC2)nnc1-c1ccccc1Br. The minimum Gasteiger partial charge on any atom is -0.379 e. The first kappa shape index (κ1) is 16.0.